The van der Waals surface area contributed by atoms with Crippen molar-refractivity contribution in [2.75, 3.05) is 20.8 Å². The van der Waals surface area contributed by atoms with Gasteiger partial charge in [-0.2, -0.15) is 4.98 Å². The van der Waals surface area contributed by atoms with E-state index in [1.54, 1.807) is 13.0 Å². The van der Waals surface area contributed by atoms with Crippen molar-refractivity contribution >= 4 is 13.1 Å². The Hall–Kier alpha value is -1.80. The summed E-state index contributed by atoms with van der Waals surface area (Å²) in [5.74, 6) is 0.0382. The summed E-state index contributed by atoms with van der Waals surface area (Å²) in [5.41, 5.74) is -0.324. The zero-order chi connectivity index (χ0) is 19.5. The van der Waals surface area contributed by atoms with Crippen molar-refractivity contribution in [3.8, 4) is 11.8 Å². The third-order valence-corrected chi connectivity index (χ3v) is 4.96. The van der Waals surface area contributed by atoms with Gasteiger partial charge in [-0.3, -0.25) is 4.79 Å². The number of carbonyl (C=O) groups excluding carboxylic acids is 1. The Balaban J connectivity index is 2.41. The highest BCUT2D eigenvalue weighted by atomic mass is 16.7. The Morgan fingerprint density at radius 3 is 2.27 bits per heavy atom. The van der Waals surface area contributed by atoms with Crippen LogP contribution in [-0.4, -0.2) is 50.1 Å². The smallest absolute Gasteiger partial charge is 0.466 e. The molecular formula is C18H28BNO6. The van der Waals surface area contributed by atoms with Crippen molar-refractivity contribution in [1.82, 2.24) is 4.98 Å². The second-order valence-electron chi connectivity index (χ2n) is 7.19. The van der Waals surface area contributed by atoms with Crippen molar-refractivity contribution in [2.45, 2.75) is 58.1 Å². The maximum Gasteiger partial charge on any atom is 0.466 e. The Morgan fingerprint density at radius 1 is 1.15 bits per heavy atom. The summed E-state index contributed by atoms with van der Waals surface area (Å²) in [4.78, 5) is 16.5. The number of rotatable bonds is 7. The van der Waals surface area contributed by atoms with Gasteiger partial charge in [0.2, 0.25) is 11.8 Å². The van der Waals surface area contributed by atoms with E-state index in [2.05, 4.69) is 4.98 Å². The summed E-state index contributed by atoms with van der Waals surface area (Å²) in [5, 5.41) is 0. The van der Waals surface area contributed by atoms with Crippen LogP contribution in [0.25, 0.3) is 0 Å². The van der Waals surface area contributed by atoms with Gasteiger partial charge in [-0.1, -0.05) is 0 Å². The minimum absolute atomic E-state index is 0.0923. The van der Waals surface area contributed by atoms with Crippen LogP contribution in [-0.2, 0) is 18.8 Å². The molecule has 1 atom stereocenters. The molecule has 0 N–H and O–H groups in total. The largest absolute Gasteiger partial charge is 0.481 e. The highest BCUT2D eigenvalue weighted by molar-refractivity contribution is 6.48. The van der Waals surface area contributed by atoms with E-state index in [1.807, 2.05) is 33.8 Å². The zero-order valence-electron chi connectivity index (χ0n) is 16.6. The molecule has 1 fully saturated rings. The molecule has 8 heteroatoms. The molecule has 0 radical (unpaired) electrons. The first-order valence-electron chi connectivity index (χ1n) is 8.75. The van der Waals surface area contributed by atoms with E-state index in [0.29, 0.717) is 23.9 Å². The number of carbonyl (C=O) groups is 1. The van der Waals surface area contributed by atoms with E-state index in [1.165, 1.54) is 14.2 Å². The standard InChI is InChI=1S/C18H28BNO6/c1-8-24-15(21)11-13(19-25-17(2,3)18(4,5)26-19)12-9-10-14(22-6)20-16(12)23-7/h9-10,13H,8,11H2,1-7H3. The molecule has 2 heterocycles. The summed E-state index contributed by atoms with van der Waals surface area (Å²) in [6.45, 7) is 9.97. The molecule has 1 aliphatic heterocycles. The van der Waals surface area contributed by atoms with Crippen LogP contribution in [0.1, 0.15) is 52.4 Å². The number of esters is 1. The van der Waals surface area contributed by atoms with Crippen molar-refractivity contribution in [2.24, 2.45) is 0 Å². The average Bonchev–Trinajstić information content (AvgIpc) is 2.80. The molecule has 1 unspecified atom stereocenters. The van der Waals surface area contributed by atoms with Gasteiger partial charge in [0, 0.05) is 17.4 Å². The molecular weight excluding hydrogens is 337 g/mol. The van der Waals surface area contributed by atoms with Crippen LogP contribution in [0.5, 0.6) is 11.8 Å². The first-order chi connectivity index (χ1) is 12.1. The van der Waals surface area contributed by atoms with Gasteiger partial charge in [0.25, 0.3) is 0 Å². The predicted octanol–water partition coefficient (Wildman–Crippen LogP) is 2.77. The van der Waals surface area contributed by atoms with E-state index < -0.39 is 24.1 Å². The molecule has 7 nitrogen and oxygen atoms in total. The summed E-state index contributed by atoms with van der Waals surface area (Å²) in [7, 11) is 2.43. The third kappa shape index (κ3) is 4.12. The first-order valence-corrected chi connectivity index (χ1v) is 8.75. The number of aromatic nitrogens is 1. The van der Waals surface area contributed by atoms with Gasteiger partial charge in [-0.05, 0) is 40.7 Å². The van der Waals surface area contributed by atoms with E-state index in [9.17, 15) is 4.79 Å². The van der Waals surface area contributed by atoms with Crippen LogP contribution in [0.3, 0.4) is 0 Å². The van der Waals surface area contributed by atoms with E-state index in [0.717, 1.165) is 0 Å². The number of nitrogens with zero attached hydrogens (tertiary/aromatic N) is 1. The van der Waals surface area contributed by atoms with Gasteiger partial charge in [-0.15, -0.1) is 0 Å². The van der Waals surface area contributed by atoms with Crippen LogP contribution >= 0.6 is 0 Å². The lowest BCUT2D eigenvalue weighted by Gasteiger charge is -2.32. The molecule has 26 heavy (non-hydrogen) atoms. The number of hydrogen-bond acceptors (Lipinski definition) is 7. The lowest BCUT2D eigenvalue weighted by molar-refractivity contribution is -0.143. The molecule has 1 aromatic heterocycles. The fourth-order valence-corrected chi connectivity index (χ4v) is 2.80. The van der Waals surface area contributed by atoms with Gasteiger partial charge in [-0.25, -0.2) is 0 Å². The Morgan fingerprint density at radius 2 is 1.77 bits per heavy atom. The lowest BCUT2D eigenvalue weighted by atomic mass is 9.66. The molecule has 144 valence electrons. The number of ether oxygens (including phenoxy) is 3. The first kappa shape index (κ1) is 20.5. The topological polar surface area (TPSA) is 76.1 Å². The van der Waals surface area contributed by atoms with E-state index in [4.69, 9.17) is 23.5 Å². The fraction of sp³-hybridized carbons (Fsp3) is 0.667. The summed E-state index contributed by atoms with van der Waals surface area (Å²) in [6.07, 6.45) is 0.0923. The van der Waals surface area contributed by atoms with E-state index in [-0.39, 0.29) is 12.4 Å². The second kappa shape index (κ2) is 7.84. The normalized spacial score (nSPS) is 19.1. The van der Waals surface area contributed by atoms with Crippen molar-refractivity contribution in [3.63, 3.8) is 0 Å². The van der Waals surface area contributed by atoms with Crippen molar-refractivity contribution in [1.29, 1.82) is 0 Å². The molecule has 0 saturated carbocycles. The minimum atomic E-state index is -0.631. The Kier molecular flexibility index (Phi) is 6.19. The second-order valence-corrected chi connectivity index (χ2v) is 7.19. The predicted molar refractivity (Wildman–Crippen MR) is 97.4 cm³/mol. The summed E-state index contributed by atoms with van der Waals surface area (Å²) in [6, 6.07) is 3.54. The molecule has 0 aromatic carbocycles. The molecule has 1 aliphatic rings. The quantitative estimate of drug-likeness (QED) is 0.543. The highest BCUT2D eigenvalue weighted by Gasteiger charge is 2.54. The van der Waals surface area contributed by atoms with E-state index >= 15 is 0 Å². The number of methoxy groups -OCH3 is 2. The molecule has 1 aromatic rings. The lowest BCUT2D eigenvalue weighted by Crippen LogP contribution is -2.41. The van der Waals surface area contributed by atoms with Gasteiger partial charge in [0.15, 0.2) is 0 Å². The summed E-state index contributed by atoms with van der Waals surface area (Å²) >= 11 is 0. The summed E-state index contributed by atoms with van der Waals surface area (Å²) < 4.78 is 28.1. The molecule has 2 rings (SSSR count). The zero-order valence-corrected chi connectivity index (χ0v) is 16.6. The molecule has 0 amide bonds. The van der Waals surface area contributed by atoms with Crippen molar-refractivity contribution < 1.29 is 28.3 Å². The minimum Gasteiger partial charge on any atom is -0.481 e. The number of hydrogen-bond donors (Lipinski definition) is 0. The van der Waals surface area contributed by atoms with Crippen LogP contribution in [0, 0.1) is 0 Å². The maximum atomic E-state index is 12.2. The van der Waals surface area contributed by atoms with Crippen LogP contribution in [0.2, 0.25) is 0 Å². The maximum absolute atomic E-state index is 12.2. The Labute approximate surface area is 155 Å². The van der Waals surface area contributed by atoms with Crippen LogP contribution in [0.4, 0.5) is 0 Å². The van der Waals surface area contributed by atoms with Gasteiger partial charge < -0.3 is 23.5 Å². The fourth-order valence-electron chi connectivity index (χ4n) is 2.80. The third-order valence-electron chi connectivity index (χ3n) is 4.96. The van der Waals surface area contributed by atoms with Crippen LogP contribution in [0.15, 0.2) is 12.1 Å². The SMILES string of the molecule is CCOC(=O)CC(B1OC(C)(C)C(C)(C)O1)c1ccc(OC)nc1OC. The molecule has 0 bridgehead atoms. The molecule has 1 saturated heterocycles. The average molecular weight is 365 g/mol. The van der Waals surface area contributed by atoms with Gasteiger partial charge >= 0.3 is 13.1 Å². The van der Waals surface area contributed by atoms with Crippen LogP contribution < -0.4 is 9.47 Å². The highest BCUT2D eigenvalue weighted by Crippen LogP contribution is 2.43. The Bertz CT molecular complexity index is 633. The molecule has 0 aliphatic carbocycles. The number of pyridine rings is 1. The molecule has 0 spiro atoms. The van der Waals surface area contributed by atoms with Gasteiger partial charge in [0.05, 0.1) is 38.4 Å². The van der Waals surface area contributed by atoms with Crippen molar-refractivity contribution in [3.05, 3.63) is 17.7 Å². The monoisotopic (exact) mass is 365 g/mol. The van der Waals surface area contributed by atoms with Gasteiger partial charge in [0.1, 0.15) is 0 Å².